The van der Waals surface area contributed by atoms with Gasteiger partial charge in [0.15, 0.2) is 0 Å². The first-order valence-corrected chi connectivity index (χ1v) is 9.98. The van der Waals surface area contributed by atoms with Gasteiger partial charge in [-0.05, 0) is 50.3 Å². The van der Waals surface area contributed by atoms with Crippen LogP contribution in [0.15, 0.2) is 29.8 Å². The molecule has 0 saturated heterocycles. The highest BCUT2D eigenvalue weighted by Crippen LogP contribution is 2.42. The van der Waals surface area contributed by atoms with Gasteiger partial charge in [-0.3, -0.25) is 0 Å². The van der Waals surface area contributed by atoms with E-state index >= 15 is 0 Å². The molecule has 0 atom stereocenters. The first-order chi connectivity index (χ1) is 13.5. The number of esters is 1. The molecule has 1 aromatic rings. The third-order valence-electron chi connectivity index (χ3n) is 4.86. The summed E-state index contributed by atoms with van der Waals surface area (Å²) in [5.41, 5.74) is 2.35. The topological polar surface area (TPSA) is 76.1 Å². The van der Waals surface area contributed by atoms with E-state index < -0.39 is 23.1 Å². The second kappa shape index (κ2) is 8.99. The number of hydrogen-bond acceptors (Lipinski definition) is 5. The van der Waals surface area contributed by atoms with Crippen molar-refractivity contribution < 1.29 is 24.2 Å². The molecule has 0 radical (unpaired) electrons. The minimum atomic E-state index is -0.610. The molecule has 0 aliphatic carbocycles. The Labute approximate surface area is 173 Å². The number of methoxy groups -OCH3 is 1. The van der Waals surface area contributed by atoms with Crippen LogP contribution in [0, 0.1) is 5.41 Å². The van der Waals surface area contributed by atoms with Gasteiger partial charge in [-0.1, -0.05) is 38.1 Å². The second-order valence-electron chi connectivity index (χ2n) is 9.09. The molecule has 160 valence electrons. The molecule has 6 heteroatoms. The zero-order chi connectivity index (χ0) is 21.8. The fourth-order valence-electron chi connectivity index (χ4n) is 3.72. The predicted molar refractivity (Wildman–Crippen MR) is 112 cm³/mol. The zero-order valence-electron chi connectivity index (χ0n) is 18.4. The smallest absolute Gasteiger partial charge is 0.410 e. The van der Waals surface area contributed by atoms with Gasteiger partial charge < -0.3 is 19.5 Å². The maximum absolute atomic E-state index is 12.7. The standard InChI is InChI=1S/C23H33NO5/c1-22(2,3)29-21(27)24-14-18(20(26)28-6)19(23(4,5)15-24)17-11-9-16(10-12-17)8-7-13-25/h9-12,25H,7-8,13-15H2,1-6H3. The van der Waals surface area contributed by atoms with Crippen LogP contribution in [0.25, 0.3) is 5.57 Å². The number of benzene rings is 1. The van der Waals surface area contributed by atoms with Gasteiger partial charge in [0.2, 0.25) is 0 Å². The Hall–Kier alpha value is -2.34. The van der Waals surface area contributed by atoms with Gasteiger partial charge in [-0.2, -0.15) is 0 Å². The summed E-state index contributed by atoms with van der Waals surface area (Å²) in [6, 6.07) is 8.03. The van der Waals surface area contributed by atoms with Crippen molar-refractivity contribution >= 4 is 17.6 Å². The number of amides is 1. The highest BCUT2D eigenvalue weighted by Gasteiger charge is 2.40. The van der Waals surface area contributed by atoms with E-state index in [1.807, 2.05) is 58.9 Å². The lowest BCUT2D eigenvalue weighted by molar-refractivity contribution is -0.136. The van der Waals surface area contributed by atoms with E-state index in [4.69, 9.17) is 14.6 Å². The first-order valence-electron chi connectivity index (χ1n) is 9.98. The summed E-state index contributed by atoms with van der Waals surface area (Å²) in [6.45, 7) is 10.2. The molecule has 6 nitrogen and oxygen atoms in total. The van der Waals surface area contributed by atoms with Crippen LogP contribution >= 0.6 is 0 Å². The minimum absolute atomic E-state index is 0.145. The van der Waals surface area contributed by atoms with Crippen LogP contribution in [-0.2, 0) is 20.7 Å². The molecule has 29 heavy (non-hydrogen) atoms. The zero-order valence-corrected chi connectivity index (χ0v) is 18.4. The van der Waals surface area contributed by atoms with Crippen LogP contribution in [0.3, 0.4) is 0 Å². The number of aryl methyl sites for hydroxylation is 1. The largest absolute Gasteiger partial charge is 0.466 e. The highest BCUT2D eigenvalue weighted by atomic mass is 16.6. The molecule has 0 bridgehead atoms. The van der Waals surface area contributed by atoms with Gasteiger partial charge >= 0.3 is 12.1 Å². The number of ether oxygens (including phenoxy) is 2. The monoisotopic (exact) mass is 403 g/mol. The van der Waals surface area contributed by atoms with E-state index in [0.29, 0.717) is 18.5 Å². The van der Waals surface area contributed by atoms with Gasteiger partial charge in [-0.25, -0.2) is 9.59 Å². The Morgan fingerprint density at radius 2 is 1.79 bits per heavy atom. The number of hydrogen-bond donors (Lipinski definition) is 1. The predicted octanol–water partition coefficient (Wildman–Crippen LogP) is 3.82. The van der Waals surface area contributed by atoms with Crippen molar-refractivity contribution in [2.45, 2.75) is 53.1 Å². The molecular formula is C23H33NO5. The number of aliphatic hydroxyl groups is 1. The Balaban J connectivity index is 2.43. The van der Waals surface area contributed by atoms with Gasteiger partial charge in [-0.15, -0.1) is 0 Å². The van der Waals surface area contributed by atoms with Crippen LogP contribution in [0.4, 0.5) is 4.79 Å². The summed E-state index contributed by atoms with van der Waals surface area (Å²) in [4.78, 5) is 26.8. The second-order valence-corrected chi connectivity index (χ2v) is 9.09. The van der Waals surface area contributed by atoms with Crippen LogP contribution < -0.4 is 0 Å². The average molecular weight is 404 g/mol. The quantitative estimate of drug-likeness (QED) is 0.757. The maximum atomic E-state index is 12.7. The van der Waals surface area contributed by atoms with E-state index in [2.05, 4.69) is 0 Å². The molecular weight excluding hydrogens is 370 g/mol. The lowest BCUT2D eigenvalue weighted by atomic mass is 9.74. The van der Waals surface area contributed by atoms with E-state index in [1.54, 1.807) is 4.90 Å². The Bertz CT molecular complexity index is 771. The Kier molecular flexibility index (Phi) is 7.11. The molecule has 1 N–H and O–H groups in total. The third-order valence-corrected chi connectivity index (χ3v) is 4.86. The van der Waals surface area contributed by atoms with Gasteiger partial charge in [0.1, 0.15) is 5.60 Å². The number of aliphatic hydroxyl groups excluding tert-OH is 1. The van der Waals surface area contributed by atoms with Gasteiger partial charge in [0.05, 0.1) is 19.2 Å². The number of nitrogens with zero attached hydrogens (tertiary/aromatic N) is 1. The van der Waals surface area contributed by atoms with E-state index in [0.717, 1.165) is 23.1 Å². The number of carbonyl (C=O) groups is 2. The molecule has 0 aromatic heterocycles. The van der Waals surface area contributed by atoms with Crippen molar-refractivity contribution in [1.82, 2.24) is 4.90 Å². The average Bonchev–Trinajstić information content (AvgIpc) is 2.63. The molecule has 0 unspecified atom stereocenters. The summed E-state index contributed by atoms with van der Waals surface area (Å²) in [7, 11) is 1.35. The molecule has 0 saturated carbocycles. The molecule has 0 spiro atoms. The molecule has 2 rings (SSSR count). The molecule has 1 aliphatic rings. The fourth-order valence-corrected chi connectivity index (χ4v) is 3.72. The molecule has 0 fully saturated rings. The van der Waals surface area contributed by atoms with Crippen LogP contribution in [0.1, 0.15) is 52.2 Å². The summed E-state index contributed by atoms with van der Waals surface area (Å²) in [5, 5.41) is 9.02. The van der Waals surface area contributed by atoms with E-state index in [1.165, 1.54) is 7.11 Å². The van der Waals surface area contributed by atoms with Crippen molar-refractivity contribution in [2.75, 3.05) is 26.8 Å². The fraction of sp³-hybridized carbons (Fsp3) is 0.565. The lowest BCUT2D eigenvalue weighted by Crippen LogP contribution is -2.47. The Morgan fingerprint density at radius 1 is 1.17 bits per heavy atom. The van der Waals surface area contributed by atoms with Crippen molar-refractivity contribution in [3.8, 4) is 0 Å². The van der Waals surface area contributed by atoms with E-state index in [-0.39, 0.29) is 13.2 Å². The van der Waals surface area contributed by atoms with Crippen molar-refractivity contribution in [3.63, 3.8) is 0 Å². The Morgan fingerprint density at radius 3 is 2.31 bits per heavy atom. The van der Waals surface area contributed by atoms with Crippen molar-refractivity contribution in [1.29, 1.82) is 0 Å². The van der Waals surface area contributed by atoms with E-state index in [9.17, 15) is 9.59 Å². The summed E-state index contributed by atoms with van der Waals surface area (Å²) < 4.78 is 10.6. The normalized spacial score (nSPS) is 16.6. The first kappa shape index (κ1) is 22.9. The molecule has 1 aliphatic heterocycles. The molecule has 1 heterocycles. The summed E-state index contributed by atoms with van der Waals surface area (Å²) in [5.74, 6) is -0.439. The number of carbonyl (C=O) groups excluding carboxylic acids is 2. The molecule has 1 amide bonds. The molecule has 1 aromatic carbocycles. The highest BCUT2D eigenvalue weighted by molar-refractivity contribution is 6.00. The summed E-state index contributed by atoms with van der Waals surface area (Å²) >= 11 is 0. The lowest BCUT2D eigenvalue weighted by Gasteiger charge is -2.41. The minimum Gasteiger partial charge on any atom is -0.466 e. The maximum Gasteiger partial charge on any atom is 0.410 e. The summed E-state index contributed by atoms with van der Waals surface area (Å²) in [6.07, 6.45) is 1.08. The SMILES string of the molecule is COC(=O)C1=C(c2ccc(CCCO)cc2)C(C)(C)CN(C(=O)OC(C)(C)C)C1. The van der Waals surface area contributed by atoms with Crippen molar-refractivity contribution in [3.05, 3.63) is 41.0 Å². The van der Waals surface area contributed by atoms with Crippen molar-refractivity contribution in [2.24, 2.45) is 5.41 Å². The van der Waals surface area contributed by atoms with Gasteiger partial charge in [0.25, 0.3) is 0 Å². The van der Waals surface area contributed by atoms with Gasteiger partial charge in [0, 0.05) is 18.6 Å². The number of rotatable bonds is 5. The van der Waals surface area contributed by atoms with Crippen LogP contribution in [0.2, 0.25) is 0 Å². The third kappa shape index (κ3) is 5.82. The van der Waals surface area contributed by atoms with Crippen LogP contribution in [0.5, 0.6) is 0 Å². The van der Waals surface area contributed by atoms with Crippen LogP contribution in [-0.4, -0.2) is 54.5 Å².